The van der Waals surface area contributed by atoms with Crippen LogP contribution in [0.2, 0.25) is 0 Å². The first kappa shape index (κ1) is 10.7. The van der Waals surface area contributed by atoms with Crippen molar-refractivity contribution in [2.75, 3.05) is 0 Å². The van der Waals surface area contributed by atoms with Crippen LogP contribution in [0.1, 0.15) is 37.7 Å². The van der Waals surface area contributed by atoms with Crippen LogP contribution in [0.5, 0.6) is 0 Å². The molecule has 78 valence electrons. The molecule has 1 nitrogen and oxygen atoms in total. The van der Waals surface area contributed by atoms with Crippen LogP contribution in [-0.2, 0) is 5.41 Å². The van der Waals surface area contributed by atoms with Gasteiger partial charge in [-0.15, -0.1) is 0 Å². The Kier molecular flexibility index (Phi) is 3.11. The molecule has 0 radical (unpaired) electrons. The SMILES string of the molecule is N#CC1(c2ccccc2Br)CCCCC1. The fraction of sp³-hybridized carbons (Fsp3) is 0.462. The summed E-state index contributed by atoms with van der Waals surface area (Å²) >= 11 is 3.56. The van der Waals surface area contributed by atoms with E-state index in [1.54, 1.807) is 0 Å². The third kappa shape index (κ3) is 1.94. The molecule has 0 saturated heterocycles. The fourth-order valence-corrected chi connectivity index (χ4v) is 3.11. The molecule has 1 aromatic rings. The maximum Gasteiger partial charge on any atom is 0.0833 e. The molecule has 0 bridgehead atoms. The molecule has 1 aliphatic carbocycles. The van der Waals surface area contributed by atoms with Gasteiger partial charge in [-0.05, 0) is 24.5 Å². The Bertz CT molecular complexity index is 386. The van der Waals surface area contributed by atoms with Crippen LogP contribution in [0, 0.1) is 11.3 Å². The fourth-order valence-electron chi connectivity index (χ4n) is 2.45. The lowest BCUT2D eigenvalue weighted by molar-refractivity contribution is 0.365. The first-order chi connectivity index (χ1) is 7.28. The molecular weight excluding hydrogens is 250 g/mol. The topological polar surface area (TPSA) is 23.8 Å². The van der Waals surface area contributed by atoms with Crippen molar-refractivity contribution in [3.8, 4) is 6.07 Å². The van der Waals surface area contributed by atoms with Crippen LogP contribution < -0.4 is 0 Å². The van der Waals surface area contributed by atoms with Gasteiger partial charge in [0.05, 0.1) is 11.5 Å². The predicted octanol–water partition coefficient (Wildman–Crippen LogP) is 4.17. The molecule has 1 fully saturated rings. The molecule has 15 heavy (non-hydrogen) atoms. The number of hydrogen-bond donors (Lipinski definition) is 0. The molecule has 1 saturated carbocycles. The minimum Gasteiger partial charge on any atom is -0.197 e. The number of nitrogens with zero attached hydrogens (tertiary/aromatic N) is 1. The maximum atomic E-state index is 9.45. The molecule has 0 unspecified atom stereocenters. The number of benzene rings is 1. The highest BCUT2D eigenvalue weighted by molar-refractivity contribution is 9.10. The Morgan fingerprint density at radius 3 is 2.40 bits per heavy atom. The minimum atomic E-state index is -0.238. The zero-order chi connectivity index (χ0) is 10.7. The smallest absolute Gasteiger partial charge is 0.0833 e. The van der Waals surface area contributed by atoms with Crippen LogP contribution in [0.3, 0.4) is 0 Å². The van der Waals surface area contributed by atoms with Gasteiger partial charge < -0.3 is 0 Å². The van der Waals surface area contributed by atoms with Gasteiger partial charge in [0.15, 0.2) is 0 Å². The van der Waals surface area contributed by atoms with E-state index in [0.29, 0.717) is 0 Å². The molecule has 0 aliphatic heterocycles. The van der Waals surface area contributed by atoms with Crippen LogP contribution in [-0.4, -0.2) is 0 Å². The van der Waals surface area contributed by atoms with Gasteiger partial charge in [0.2, 0.25) is 0 Å². The summed E-state index contributed by atoms with van der Waals surface area (Å²) in [5.41, 5.74) is 0.936. The van der Waals surface area contributed by atoms with Gasteiger partial charge in [-0.1, -0.05) is 53.4 Å². The molecule has 0 N–H and O–H groups in total. The minimum absolute atomic E-state index is 0.238. The first-order valence-electron chi connectivity index (χ1n) is 5.45. The second-order valence-electron chi connectivity index (χ2n) is 4.23. The monoisotopic (exact) mass is 263 g/mol. The average molecular weight is 264 g/mol. The Balaban J connectivity index is 2.42. The highest BCUT2D eigenvalue weighted by Gasteiger charge is 2.35. The number of nitriles is 1. The Labute approximate surface area is 99.2 Å². The normalized spacial score (nSPS) is 19.5. The second kappa shape index (κ2) is 4.37. The van der Waals surface area contributed by atoms with Crippen molar-refractivity contribution in [3.63, 3.8) is 0 Å². The molecule has 0 heterocycles. The number of rotatable bonds is 1. The van der Waals surface area contributed by atoms with Gasteiger partial charge in [0.25, 0.3) is 0 Å². The van der Waals surface area contributed by atoms with E-state index < -0.39 is 0 Å². The van der Waals surface area contributed by atoms with Crippen LogP contribution in [0.15, 0.2) is 28.7 Å². The van der Waals surface area contributed by atoms with Crippen molar-refractivity contribution >= 4 is 15.9 Å². The summed E-state index contributed by atoms with van der Waals surface area (Å²) in [5, 5.41) is 9.45. The van der Waals surface area contributed by atoms with Gasteiger partial charge >= 0.3 is 0 Å². The van der Waals surface area contributed by atoms with Gasteiger partial charge in [-0.2, -0.15) is 5.26 Å². The van der Waals surface area contributed by atoms with Crippen molar-refractivity contribution in [3.05, 3.63) is 34.3 Å². The van der Waals surface area contributed by atoms with E-state index in [0.717, 1.165) is 17.3 Å². The summed E-state index contributed by atoms with van der Waals surface area (Å²) in [7, 11) is 0. The average Bonchev–Trinajstić information content (AvgIpc) is 2.30. The van der Waals surface area contributed by atoms with E-state index in [9.17, 15) is 5.26 Å². The maximum absolute atomic E-state index is 9.45. The highest BCUT2D eigenvalue weighted by atomic mass is 79.9. The van der Waals surface area contributed by atoms with Gasteiger partial charge in [0.1, 0.15) is 0 Å². The molecule has 1 aliphatic rings. The molecule has 0 atom stereocenters. The predicted molar refractivity (Wildman–Crippen MR) is 64.5 cm³/mol. The van der Waals surface area contributed by atoms with Crippen LogP contribution >= 0.6 is 15.9 Å². The zero-order valence-electron chi connectivity index (χ0n) is 8.67. The first-order valence-corrected chi connectivity index (χ1v) is 6.24. The van der Waals surface area contributed by atoms with Gasteiger partial charge in [-0.25, -0.2) is 0 Å². The number of hydrogen-bond acceptors (Lipinski definition) is 1. The lowest BCUT2D eigenvalue weighted by Crippen LogP contribution is -2.27. The van der Waals surface area contributed by atoms with Gasteiger partial charge in [0, 0.05) is 4.47 Å². The van der Waals surface area contributed by atoms with Crippen molar-refractivity contribution < 1.29 is 0 Å². The largest absolute Gasteiger partial charge is 0.197 e. The van der Waals surface area contributed by atoms with Gasteiger partial charge in [-0.3, -0.25) is 0 Å². The van der Waals surface area contributed by atoms with E-state index in [1.807, 2.05) is 18.2 Å². The van der Waals surface area contributed by atoms with Crippen molar-refractivity contribution in [2.45, 2.75) is 37.5 Å². The zero-order valence-corrected chi connectivity index (χ0v) is 10.3. The molecule has 0 aromatic heterocycles. The highest BCUT2D eigenvalue weighted by Crippen LogP contribution is 2.41. The van der Waals surface area contributed by atoms with Crippen molar-refractivity contribution in [1.29, 1.82) is 5.26 Å². The quantitative estimate of drug-likeness (QED) is 0.746. The summed E-state index contributed by atoms with van der Waals surface area (Å²) in [6, 6.07) is 10.7. The second-order valence-corrected chi connectivity index (χ2v) is 5.09. The van der Waals surface area contributed by atoms with Crippen molar-refractivity contribution in [1.82, 2.24) is 0 Å². The van der Waals surface area contributed by atoms with Crippen molar-refractivity contribution in [2.24, 2.45) is 0 Å². The number of halogens is 1. The van der Waals surface area contributed by atoms with E-state index in [4.69, 9.17) is 0 Å². The summed E-state index contributed by atoms with van der Waals surface area (Å²) in [5.74, 6) is 0. The Hall–Kier alpha value is -0.810. The van der Waals surface area contributed by atoms with Crippen LogP contribution in [0.4, 0.5) is 0 Å². The lowest BCUT2D eigenvalue weighted by Gasteiger charge is -2.31. The summed E-state index contributed by atoms with van der Waals surface area (Å²) in [6.07, 6.45) is 5.63. The molecule has 0 spiro atoms. The molecule has 0 amide bonds. The Morgan fingerprint density at radius 2 is 1.80 bits per heavy atom. The molecule has 1 aromatic carbocycles. The third-order valence-corrected chi connectivity index (χ3v) is 4.00. The molecule has 2 heteroatoms. The molecular formula is C13H14BrN. The van der Waals surface area contributed by atoms with E-state index in [2.05, 4.69) is 28.1 Å². The summed E-state index contributed by atoms with van der Waals surface area (Å²) in [6.45, 7) is 0. The molecule has 2 rings (SSSR count). The third-order valence-electron chi connectivity index (χ3n) is 3.31. The van der Waals surface area contributed by atoms with E-state index >= 15 is 0 Å². The lowest BCUT2D eigenvalue weighted by atomic mass is 9.70. The summed E-state index contributed by atoms with van der Waals surface area (Å²) in [4.78, 5) is 0. The summed E-state index contributed by atoms with van der Waals surface area (Å²) < 4.78 is 1.08. The van der Waals surface area contributed by atoms with Crippen LogP contribution in [0.25, 0.3) is 0 Å². The van der Waals surface area contributed by atoms with E-state index in [1.165, 1.54) is 24.8 Å². The standard InChI is InChI=1S/C13H14BrN/c14-12-7-3-2-6-11(12)13(10-15)8-4-1-5-9-13/h2-3,6-7H,1,4-5,8-9H2. The Morgan fingerprint density at radius 1 is 1.13 bits per heavy atom. The van der Waals surface area contributed by atoms with E-state index in [-0.39, 0.29) is 5.41 Å².